The van der Waals surface area contributed by atoms with Gasteiger partial charge >= 0.3 is 6.18 Å². The fourth-order valence-corrected chi connectivity index (χ4v) is 1.76. The van der Waals surface area contributed by atoms with Crippen molar-refractivity contribution in [1.82, 2.24) is 0 Å². The fourth-order valence-electron chi connectivity index (χ4n) is 1.76. The molecule has 112 valence electrons. The Morgan fingerprint density at radius 2 is 2.00 bits per heavy atom. The van der Waals surface area contributed by atoms with Crippen molar-refractivity contribution in [3.05, 3.63) is 29.6 Å². The maximum atomic E-state index is 13.2. The molecule has 0 bridgehead atoms. The van der Waals surface area contributed by atoms with Gasteiger partial charge in [-0.2, -0.15) is 13.2 Å². The van der Waals surface area contributed by atoms with Crippen LogP contribution in [0.4, 0.5) is 23.2 Å². The third-order valence-corrected chi connectivity index (χ3v) is 2.62. The van der Waals surface area contributed by atoms with Crippen LogP contribution in [0, 0.1) is 5.82 Å². The number of amidine groups is 1. The molecule has 0 saturated carbocycles. The van der Waals surface area contributed by atoms with E-state index in [1.54, 1.807) is 13.8 Å². The minimum Gasteiger partial charge on any atom is -0.409 e. The van der Waals surface area contributed by atoms with Crippen LogP contribution >= 0.6 is 0 Å². The number of alkyl halides is 3. The maximum Gasteiger partial charge on any atom is 0.405 e. The van der Waals surface area contributed by atoms with E-state index in [0.29, 0.717) is 0 Å². The van der Waals surface area contributed by atoms with E-state index < -0.39 is 30.4 Å². The number of benzene rings is 1. The molecular weight excluding hydrogens is 278 g/mol. The SMILES string of the molecule is CC(C)N(CC(F)(F)F)c1ccc(F)cc1C(N)=NO. The molecule has 0 unspecified atom stereocenters. The Labute approximate surface area is 113 Å². The molecule has 1 aromatic rings. The van der Waals surface area contributed by atoms with Crippen molar-refractivity contribution in [1.29, 1.82) is 0 Å². The Kier molecular flexibility index (Phi) is 4.80. The predicted octanol–water partition coefficient (Wildman–Crippen LogP) is 2.70. The van der Waals surface area contributed by atoms with E-state index in [2.05, 4.69) is 5.16 Å². The lowest BCUT2D eigenvalue weighted by molar-refractivity contribution is -0.120. The third kappa shape index (κ3) is 4.01. The molecule has 0 amide bonds. The molecule has 20 heavy (non-hydrogen) atoms. The Balaban J connectivity index is 3.33. The predicted molar refractivity (Wildman–Crippen MR) is 67.4 cm³/mol. The number of hydrogen-bond donors (Lipinski definition) is 2. The molecule has 0 heterocycles. The summed E-state index contributed by atoms with van der Waals surface area (Å²) < 4.78 is 51.1. The van der Waals surface area contributed by atoms with Crippen molar-refractivity contribution >= 4 is 11.5 Å². The summed E-state index contributed by atoms with van der Waals surface area (Å²) in [6, 6.07) is 2.62. The summed E-state index contributed by atoms with van der Waals surface area (Å²) in [5.41, 5.74) is 5.35. The van der Waals surface area contributed by atoms with Gasteiger partial charge in [0.2, 0.25) is 0 Å². The maximum absolute atomic E-state index is 13.2. The Hall–Kier alpha value is -1.99. The number of rotatable bonds is 4. The van der Waals surface area contributed by atoms with Crippen LogP contribution in [0.25, 0.3) is 0 Å². The minimum atomic E-state index is -4.43. The number of oxime groups is 1. The van der Waals surface area contributed by atoms with Crippen molar-refractivity contribution in [2.75, 3.05) is 11.4 Å². The average Bonchev–Trinajstić information content (AvgIpc) is 2.34. The molecule has 3 N–H and O–H groups in total. The van der Waals surface area contributed by atoms with Crippen LogP contribution in [-0.4, -0.2) is 29.8 Å². The molecule has 4 nitrogen and oxygen atoms in total. The van der Waals surface area contributed by atoms with Crippen molar-refractivity contribution in [2.45, 2.75) is 26.1 Å². The number of nitrogens with two attached hydrogens (primary N) is 1. The second kappa shape index (κ2) is 5.98. The molecule has 1 rings (SSSR count). The number of halogens is 4. The second-order valence-corrected chi connectivity index (χ2v) is 4.48. The zero-order valence-corrected chi connectivity index (χ0v) is 10.9. The molecule has 0 fully saturated rings. The Bertz CT molecular complexity index is 500. The van der Waals surface area contributed by atoms with E-state index in [0.717, 1.165) is 17.0 Å². The lowest BCUT2D eigenvalue weighted by Crippen LogP contribution is -2.40. The van der Waals surface area contributed by atoms with E-state index in [4.69, 9.17) is 10.9 Å². The molecule has 0 atom stereocenters. The molecule has 0 aliphatic heterocycles. The fraction of sp³-hybridized carbons (Fsp3) is 0.417. The first-order chi connectivity index (χ1) is 9.15. The van der Waals surface area contributed by atoms with Crippen LogP contribution in [-0.2, 0) is 0 Å². The minimum absolute atomic E-state index is 0.0500. The van der Waals surface area contributed by atoms with Gasteiger partial charge in [-0.3, -0.25) is 0 Å². The van der Waals surface area contributed by atoms with Crippen molar-refractivity contribution in [3.8, 4) is 0 Å². The molecular formula is C12H15F4N3O. The van der Waals surface area contributed by atoms with Gasteiger partial charge in [0.15, 0.2) is 5.84 Å². The van der Waals surface area contributed by atoms with Gasteiger partial charge in [0.25, 0.3) is 0 Å². The molecule has 0 radical (unpaired) electrons. The summed E-state index contributed by atoms with van der Waals surface area (Å²) >= 11 is 0. The van der Waals surface area contributed by atoms with Crippen LogP contribution in [0.2, 0.25) is 0 Å². The number of hydrogen-bond acceptors (Lipinski definition) is 3. The highest BCUT2D eigenvalue weighted by Gasteiger charge is 2.33. The second-order valence-electron chi connectivity index (χ2n) is 4.48. The highest BCUT2D eigenvalue weighted by atomic mass is 19.4. The van der Waals surface area contributed by atoms with Crippen LogP contribution in [0.3, 0.4) is 0 Å². The van der Waals surface area contributed by atoms with E-state index >= 15 is 0 Å². The number of nitrogens with zero attached hydrogens (tertiary/aromatic N) is 2. The quantitative estimate of drug-likeness (QED) is 0.295. The van der Waals surface area contributed by atoms with Crippen LogP contribution in [0.1, 0.15) is 19.4 Å². The summed E-state index contributed by atoms with van der Waals surface area (Å²) in [7, 11) is 0. The van der Waals surface area contributed by atoms with Gasteiger partial charge in [0.1, 0.15) is 12.4 Å². The summed E-state index contributed by atoms with van der Waals surface area (Å²) in [6.45, 7) is 1.90. The van der Waals surface area contributed by atoms with E-state index in [9.17, 15) is 17.6 Å². The van der Waals surface area contributed by atoms with Crippen molar-refractivity contribution < 1.29 is 22.8 Å². The smallest absolute Gasteiger partial charge is 0.405 e. The molecule has 0 aliphatic rings. The largest absolute Gasteiger partial charge is 0.409 e. The summed E-state index contributed by atoms with van der Waals surface area (Å²) in [5.74, 6) is -1.14. The van der Waals surface area contributed by atoms with E-state index in [1.807, 2.05) is 0 Å². The Morgan fingerprint density at radius 3 is 2.45 bits per heavy atom. The highest BCUT2D eigenvalue weighted by molar-refractivity contribution is 6.02. The lowest BCUT2D eigenvalue weighted by atomic mass is 10.1. The zero-order valence-electron chi connectivity index (χ0n) is 10.9. The first-order valence-corrected chi connectivity index (χ1v) is 5.76. The van der Waals surface area contributed by atoms with E-state index in [-0.39, 0.29) is 11.3 Å². The van der Waals surface area contributed by atoms with E-state index in [1.165, 1.54) is 6.07 Å². The van der Waals surface area contributed by atoms with Gasteiger partial charge in [-0.15, -0.1) is 0 Å². The molecule has 0 aliphatic carbocycles. The van der Waals surface area contributed by atoms with Crippen LogP contribution < -0.4 is 10.6 Å². The van der Waals surface area contributed by atoms with Gasteiger partial charge < -0.3 is 15.8 Å². The molecule has 8 heteroatoms. The van der Waals surface area contributed by atoms with Gasteiger partial charge in [-0.05, 0) is 32.0 Å². The third-order valence-electron chi connectivity index (χ3n) is 2.62. The van der Waals surface area contributed by atoms with Gasteiger partial charge in [0.05, 0.1) is 0 Å². The molecule has 0 saturated heterocycles. The average molecular weight is 293 g/mol. The molecule has 0 aromatic heterocycles. The van der Waals surface area contributed by atoms with Crippen molar-refractivity contribution in [3.63, 3.8) is 0 Å². The number of anilines is 1. The standard InChI is InChI=1S/C12H15F4N3O/c1-7(2)19(6-12(14,15)16)10-4-3-8(13)5-9(10)11(17)18-20/h3-5,7,20H,6H2,1-2H3,(H2,17,18). The summed E-state index contributed by atoms with van der Waals surface area (Å²) in [6.07, 6.45) is -4.43. The summed E-state index contributed by atoms with van der Waals surface area (Å²) in [5, 5.41) is 11.4. The monoisotopic (exact) mass is 293 g/mol. The summed E-state index contributed by atoms with van der Waals surface area (Å²) in [4.78, 5) is 1.01. The highest BCUT2D eigenvalue weighted by Crippen LogP contribution is 2.27. The van der Waals surface area contributed by atoms with Gasteiger partial charge in [-0.1, -0.05) is 5.16 Å². The normalized spacial score (nSPS) is 12.8. The van der Waals surface area contributed by atoms with Crippen molar-refractivity contribution in [2.24, 2.45) is 10.9 Å². The Morgan fingerprint density at radius 1 is 1.40 bits per heavy atom. The zero-order chi connectivity index (χ0) is 15.5. The van der Waals surface area contributed by atoms with Crippen LogP contribution in [0.15, 0.2) is 23.4 Å². The lowest BCUT2D eigenvalue weighted by Gasteiger charge is -2.31. The topological polar surface area (TPSA) is 61.8 Å². The molecule has 0 spiro atoms. The first kappa shape index (κ1) is 16.1. The van der Waals surface area contributed by atoms with Gasteiger partial charge in [-0.25, -0.2) is 4.39 Å². The van der Waals surface area contributed by atoms with Crippen LogP contribution in [0.5, 0.6) is 0 Å². The van der Waals surface area contributed by atoms with Gasteiger partial charge in [0, 0.05) is 17.3 Å². The first-order valence-electron chi connectivity index (χ1n) is 5.76. The molecule has 1 aromatic carbocycles.